The van der Waals surface area contributed by atoms with Crippen molar-refractivity contribution < 1.29 is 14.3 Å². The number of fused-ring (bicyclic) bond motifs is 1. The van der Waals surface area contributed by atoms with Gasteiger partial charge in [-0.1, -0.05) is 0 Å². The third-order valence-corrected chi connectivity index (χ3v) is 3.23. The van der Waals surface area contributed by atoms with Crippen LogP contribution in [0.2, 0.25) is 0 Å². The molecule has 1 atom stereocenters. The molecule has 2 rings (SSSR count). The summed E-state index contributed by atoms with van der Waals surface area (Å²) < 4.78 is 12.3. The molecular formula is C17H24N2O3. The number of rotatable bonds is 3. The molecule has 5 heteroatoms. The Morgan fingerprint density at radius 2 is 2.05 bits per heavy atom. The van der Waals surface area contributed by atoms with Crippen LogP contribution in [-0.2, 0) is 11.2 Å². The third-order valence-electron chi connectivity index (χ3n) is 3.23. The van der Waals surface area contributed by atoms with Crippen molar-refractivity contribution in [3.8, 4) is 5.75 Å². The summed E-state index contributed by atoms with van der Waals surface area (Å²) in [7, 11) is 1.62. The van der Waals surface area contributed by atoms with Crippen molar-refractivity contribution >= 4 is 17.0 Å². The molecule has 0 aliphatic rings. The molecule has 0 amide bonds. The van der Waals surface area contributed by atoms with Gasteiger partial charge in [-0.15, -0.1) is 0 Å². The number of methoxy groups -OCH3 is 1. The number of ether oxygens (including phenoxy) is 2. The molecule has 2 aromatic rings. The van der Waals surface area contributed by atoms with E-state index in [1.807, 2.05) is 52.1 Å². The summed E-state index contributed by atoms with van der Waals surface area (Å²) >= 11 is 0. The van der Waals surface area contributed by atoms with Crippen molar-refractivity contribution in [2.45, 2.75) is 45.8 Å². The van der Waals surface area contributed by atoms with Crippen LogP contribution in [-0.4, -0.2) is 29.4 Å². The first-order valence-corrected chi connectivity index (χ1v) is 7.38. The van der Waals surface area contributed by atoms with E-state index in [0.717, 1.165) is 22.2 Å². The van der Waals surface area contributed by atoms with Crippen LogP contribution >= 0.6 is 0 Å². The molecule has 0 spiro atoms. The van der Waals surface area contributed by atoms with Crippen molar-refractivity contribution in [3.05, 3.63) is 30.0 Å². The largest absolute Gasteiger partial charge is 0.497 e. The molecule has 0 unspecified atom stereocenters. The van der Waals surface area contributed by atoms with Gasteiger partial charge in [0.2, 0.25) is 0 Å². The van der Waals surface area contributed by atoms with Gasteiger partial charge in [-0.2, -0.15) is 0 Å². The number of carbonyl (C=O) groups excluding carboxylic acids is 1. The smallest absolute Gasteiger partial charge is 0.419 e. The summed E-state index contributed by atoms with van der Waals surface area (Å²) in [6.07, 6.45) is 2.10. The molecule has 0 saturated heterocycles. The van der Waals surface area contributed by atoms with Crippen molar-refractivity contribution in [3.63, 3.8) is 0 Å². The number of nitrogens with zero attached hydrogens (tertiary/aromatic N) is 1. The second-order valence-electron chi connectivity index (χ2n) is 6.57. The van der Waals surface area contributed by atoms with E-state index in [2.05, 4.69) is 0 Å². The molecule has 1 heterocycles. The summed E-state index contributed by atoms with van der Waals surface area (Å²) in [5.41, 5.74) is 7.18. The Morgan fingerprint density at radius 3 is 2.59 bits per heavy atom. The maximum atomic E-state index is 12.4. The van der Waals surface area contributed by atoms with E-state index in [4.69, 9.17) is 15.2 Å². The Labute approximate surface area is 131 Å². The lowest BCUT2D eigenvalue weighted by molar-refractivity contribution is 0.0544. The van der Waals surface area contributed by atoms with Crippen LogP contribution < -0.4 is 10.5 Å². The number of hydrogen-bond donors (Lipinski definition) is 1. The summed E-state index contributed by atoms with van der Waals surface area (Å²) in [5.74, 6) is 0.750. The molecule has 2 N–H and O–H groups in total. The lowest BCUT2D eigenvalue weighted by Gasteiger charge is -2.19. The van der Waals surface area contributed by atoms with Crippen LogP contribution in [0, 0.1) is 0 Å². The molecule has 120 valence electrons. The fourth-order valence-corrected chi connectivity index (χ4v) is 2.38. The maximum Gasteiger partial charge on any atom is 0.419 e. The van der Waals surface area contributed by atoms with Gasteiger partial charge in [0.05, 0.1) is 12.6 Å². The zero-order chi connectivity index (χ0) is 16.5. The summed E-state index contributed by atoms with van der Waals surface area (Å²) in [4.78, 5) is 12.4. The topological polar surface area (TPSA) is 66.5 Å². The molecule has 0 fully saturated rings. The number of carbonyl (C=O) groups is 1. The highest BCUT2D eigenvalue weighted by molar-refractivity contribution is 5.93. The summed E-state index contributed by atoms with van der Waals surface area (Å²) in [6.45, 7) is 7.49. The number of aromatic nitrogens is 1. The van der Waals surface area contributed by atoms with Crippen molar-refractivity contribution in [2.24, 2.45) is 5.73 Å². The minimum atomic E-state index is -0.540. The van der Waals surface area contributed by atoms with Gasteiger partial charge in [0, 0.05) is 17.6 Å². The maximum absolute atomic E-state index is 12.4. The van der Waals surface area contributed by atoms with E-state index in [0.29, 0.717) is 6.42 Å². The van der Waals surface area contributed by atoms with Gasteiger partial charge in [0.1, 0.15) is 11.4 Å². The van der Waals surface area contributed by atoms with Gasteiger partial charge in [0.25, 0.3) is 0 Å². The minimum absolute atomic E-state index is 0.00360. The van der Waals surface area contributed by atoms with Gasteiger partial charge in [-0.3, -0.25) is 4.57 Å². The Morgan fingerprint density at radius 1 is 1.36 bits per heavy atom. The van der Waals surface area contributed by atoms with Crippen molar-refractivity contribution in [1.29, 1.82) is 0 Å². The quantitative estimate of drug-likeness (QED) is 0.944. The SMILES string of the molecule is COc1ccc2c(c1)c(C[C@H](C)N)cn2C(=O)OC(C)(C)C. The molecule has 0 aliphatic heterocycles. The van der Waals surface area contributed by atoms with Gasteiger partial charge in [-0.05, 0) is 57.9 Å². The van der Waals surface area contributed by atoms with Crippen molar-refractivity contribution in [1.82, 2.24) is 4.57 Å². The lowest BCUT2D eigenvalue weighted by atomic mass is 10.1. The van der Waals surface area contributed by atoms with E-state index in [-0.39, 0.29) is 6.04 Å². The van der Waals surface area contributed by atoms with Crippen LogP contribution in [0.3, 0.4) is 0 Å². The van der Waals surface area contributed by atoms with Crippen LogP contribution in [0.15, 0.2) is 24.4 Å². The van der Waals surface area contributed by atoms with Gasteiger partial charge in [0.15, 0.2) is 0 Å². The first kappa shape index (κ1) is 16.4. The zero-order valence-electron chi connectivity index (χ0n) is 13.8. The molecule has 0 aliphatic carbocycles. The van der Waals surface area contributed by atoms with E-state index in [1.54, 1.807) is 7.11 Å². The Bertz CT molecular complexity index is 681. The van der Waals surface area contributed by atoms with E-state index in [1.165, 1.54) is 4.57 Å². The molecule has 5 nitrogen and oxygen atoms in total. The van der Waals surface area contributed by atoms with E-state index >= 15 is 0 Å². The molecule has 1 aromatic carbocycles. The second-order valence-corrected chi connectivity index (χ2v) is 6.57. The average Bonchev–Trinajstić information content (AvgIpc) is 2.74. The number of hydrogen-bond acceptors (Lipinski definition) is 4. The number of benzene rings is 1. The van der Waals surface area contributed by atoms with Crippen LogP contribution in [0.4, 0.5) is 4.79 Å². The molecule has 1 aromatic heterocycles. The molecule has 0 saturated carbocycles. The van der Waals surface area contributed by atoms with Gasteiger partial charge < -0.3 is 15.2 Å². The van der Waals surface area contributed by atoms with E-state index in [9.17, 15) is 4.79 Å². The predicted octanol–water partition coefficient (Wildman–Crippen LogP) is 3.32. The van der Waals surface area contributed by atoms with Gasteiger partial charge in [-0.25, -0.2) is 4.79 Å². The average molecular weight is 304 g/mol. The van der Waals surface area contributed by atoms with Crippen LogP contribution in [0.25, 0.3) is 10.9 Å². The normalized spacial score (nSPS) is 13.2. The second kappa shape index (κ2) is 6.01. The molecule has 0 radical (unpaired) electrons. The first-order chi connectivity index (χ1) is 10.2. The Balaban J connectivity index is 2.52. The Kier molecular flexibility index (Phi) is 4.47. The van der Waals surface area contributed by atoms with Crippen LogP contribution in [0.1, 0.15) is 33.3 Å². The number of nitrogens with two attached hydrogens (primary N) is 1. The highest BCUT2D eigenvalue weighted by Crippen LogP contribution is 2.27. The fraction of sp³-hybridized carbons (Fsp3) is 0.471. The van der Waals surface area contributed by atoms with Crippen LogP contribution in [0.5, 0.6) is 5.75 Å². The summed E-state index contributed by atoms with van der Waals surface area (Å²) in [5, 5.41) is 0.961. The summed E-state index contributed by atoms with van der Waals surface area (Å²) in [6, 6.07) is 5.62. The standard InChI is InChI=1S/C17H24N2O3/c1-11(18)8-12-10-19(16(20)22-17(2,3)4)15-7-6-13(21-5)9-14(12)15/h6-7,9-11H,8,18H2,1-5H3/t11-/m0/s1. The molecular weight excluding hydrogens is 280 g/mol. The monoisotopic (exact) mass is 304 g/mol. The zero-order valence-corrected chi connectivity index (χ0v) is 13.8. The Hall–Kier alpha value is -2.01. The lowest BCUT2D eigenvalue weighted by Crippen LogP contribution is -2.26. The predicted molar refractivity (Wildman–Crippen MR) is 87.5 cm³/mol. The fourth-order valence-electron chi connectivity index (χ4n) is 2.38. The highest BCUT2D eigenvalue weighted by Gasteiger charge is 2.21. The first-order valence-electron chi connectivity index (χ1n) is 7.38. The minimum Gasteiger partial charge on any atom is -0.497 e. The van der Waals surface area contributed by atoms with E-state index < -0.39 is 11.7 Å². The third kappa shape index (κ3) is 3.60. The highest BCUT2D eigenvalue weighted by atomic mass is 16.6. The molecule has 0 bridgehead atoms. The van der Waals surface area contributed by atoms with Gasteiger partial charge >= 0.3 is 6.09 Å². The molecule has 22 heavy (non-hydrogen) atoms. The van der Waals surface area contributed by atoms with Crippen molar-refractivity contribution in [2.75, 3.05) is 7.11 Å².